The van der Waals surface area contributed by atoms with Crippen LogP contribution in [0.2, 0.25) is 0 Å². The van der Waals surface area contributed by atoms with Gasteiger partial charge in [-0.1, -0.05) is 0 Å². The molecule has 1 aromatic carbocycles. The lowest BCUT2D eigenvalue weighted by atomic mass is 10.2. The van der Waals surface area contributed by atoms with Crippen LogP contribution in [-0.4, -0.2) is 30.1 Å². The predicted molar refractivity (Wildman–Crippen MR) is 66.3 cm³/mol. The van der Waals surface area contributed by atoms with Crippen LogP contribution < -0.4 is 5.32 Å². The minimum atomic E-state index is -0.253. The van der Waals surface area contributed by atoms with Gasteiger partial charge in [0.25, 0.3) is 5.91 Å². The Kier molecular flexibility index (Phi) is 5.70. The minimum absolute atomic E-state index is 0.119. The van der Waals surface area contributed by atoms with Gasteiger partial charge in [0.2, 0.25) is 0 Å². The van der Waals surface area contributed by atoms with Crippen LogP contribution in [0.1, 0.15) is 30.1 Å². The van der Waals surface area contributed by atoms with Crippen LogP contribution in [0, 0.1) is 0 Å². The molecule has 0 radical (unpaired) electrons. The number of carbonyl (C=O) groups excluding carboxylic acids is 2. The van der Waals surface area contributed by atoms with Crippen molar-refractivity contribution in [3.63, 3.8) is 0 Å². The van der Waals surface area contributed by atoms with Gasteiger partial charge in [-0.2, -0.15) is 0 Å². The number of phenolic OH excluding ortho intramolecular Hbond substituents is 1. The Bertz CT molecular complexity index is 400. The number of phenols is 1. The second-order valence-corrected chi connectivity index (χ2v) is 3.71. The van der Waals surface area contributed by atoms with Crippen LogP contribution >= 0.6 is 0 Å². The Morgan fingerprint density at radius 3 is 2.56 bits per heavy atom. The number of benzene rings is 1. The van der Waals surface area contributed by atoms with Crippen LogP contribution in [0.3, 0.4) is 0 Å². The van der Waals surface area contributed by atoms with E-state index in [1.165, 1.54) is 24.3 Å². The zero-order chi connectivity index (χ0) is 13.4. The van der Waals surface area contributed by atoms with Crippen molar-refractivity contribution in [1.29, 1.82) is 0 Å². The third kappa shape index (κ3) is 4.86. The molecular formula is C13H17NO4. The number of ether oxygens (including phenoxy) is 1. The maximum atomic E-state index is 11.6. The summed E-state index contributed by atoms with van der Waals surface area (Å²) in [7, 11) is 0. The van der Waals surface area contributed by atoms with E-state index in [4.69, 9.17) is 9.84 Å². The quantitative estimate of drug-likeness (QED) is 0.593. The van der Waals surface area contributed by atoms with E-state index >= 15 is 0 Å². The second-order valence-electron chi connectivity index (χ2n) is 3.71. The molecular weight excluding hydrogens is 234 g/mol. The Morgan fingerprint density at radius 2 is 1.94 bits per heavy atom. The zero-order valence-corrected chi connectivity index (χ0v) is 10.3. The Labute approximate surface area is 106 Å². The lowest BCUT2D eigenvalue weighted by Crippen LogP contribution is -2.24. The molecule has 18 heavy (non-hydrogen) atoms. The first-order valence-corrected chi connectivity index (χ1v) is 5.86. The minimum Gasteiger partial charge on any atom is -0.508 e. The molecule has 1 aromatic rings. The fourth-order valence-electron chi connectivity index (χ4n) is 1.38. The Morgan fingerprint density at radius 1 is 1.28 bits per heavy atom. The lowest BCUT2D eigenvalue weighted by Gasteiger charge is -2.05. The van der Waals surface area contributed by atoms with Crippen molar-refractivity contribution >= 4 is 11.9 Å². The number of aromatic hydroxyl groups is 1. The smallest absolute Gasteiger partial charge is 0.305 e. The van der Waals surface area contributed by atoms with E-state index in [1.54, 1.807) is 6.92 Å². The lowest BCUT2D eigenvalue weighted by molar-refractivity contribution is -0.143. The van der Waals surface area contributed by atoms with Gasteiger partial charge in [-0.25, -0.2) is 0 Å². The fourth-order valence-corrected chi connectivity index (χ4v) is 1.38. The highest BCUT2D eigenvalue weighted by Gasteiger charge is 2.05. The van der Waals surface area contributed by atoms with Gasteiger partial charge in [-0.15, -0.1) is 0 Å². The number of hydrogen-bond donors (Lipinski definition) is 2. The van der Waals surface area contributed by atoms with Gasteiger partial charge < -0.3 is 15.2 Å². The summed E-state index contributed by atoms with van der Waals surface area (Å²) in [5, 5.41) is 11.8. The number of esters is 1. The van der Waals surface area contributed by atoms with Crippen molar-refractivity contribution in [2.75, 3.05) is 13.2 Å². The number of carbonyl (C=O) groups is 2. The van der Waals surface area contributed by atoms with E-state index in [0.717, 1.165) is 0 Å². The summed E-state index contributed by atoms with van der Waals surface area (Å²) in [5.41, 5.74) is 0.476. The average Bonchev–Trinajstić information content (AvgIpc) is 2.35. The Balaban J connectivity index is 2.25. The summed E-state index contributed by atoms with van der Waals surface area (Å²) in [5.74, 6) is -0.357. The molecule has 98 valence electrons. The van der Waals surface area contributed by atoms with Crippen molar-refractivity contribution in [2.45, 2.75) is 19.8 Å². The molecule has 2 N–H and O–H groups in total. The molecule has 0 heterocycles. The van der Waals surface area contributed by atoms with E-state index in [0.29, 0.717) is 31.6 Å². The molecule has 0 bridgehead atoms. The van der Waals surface area contributed by atoms with Gasteiger partial charge in [-0.05, 0) is 37.6 Å². The van der Waals surface area contributed by atoms with Gasteiger partial charge in [0.1, 0.15) is 5.75 Å². The summed E-state index contributed by atoms with van der Waals surface area (Å²) in [6.07, 6.45) is 0.840. The molecule has 0 unspecified atom stereocenters. The molecule has 1 rings (SSSR count). The predicted octanol–water partition coefficient (Wildman–Crippen LogP) is 1.47. The molecule has 0 spiro atoms. The van der Waals surface area contributed by atoms with Crippen LogP contribution in [0.15, 0.2) is 24.3 Å². The van der Waals surface area contributed by atoms with Crippen LogP contribution in [0.25, 0.3) is 0 Å². The molecule has 0 aliphatic rings. The molecule has 0 aliphatic heterocycles. The maximum absolute atomic E-state index is 11.6. The largest absolute Gasteiger partial charge is 0.508 e. The van der Waals surface area contributed by atoms with Crippen LogP contribution in [0.5, 0.6) is 5.75 Å². The van der Waals surface area contributed by atoms with Gasteiger partial charge in [0.15, 0.2) is 0 Å². The normalized spacial score (nSPS) is 9.83. The summed E-state index contributed by atoms with van der Waals surface area (Å²) in [6, 6.07) is 5.98. The summed E-state index contributed by atoms with van der Waals surface area (Å²) in [6.45, 7) is 2.54. The molecule has 1 amide bonds. The average molecular weight is 251 g/mol. The molecule has 5 nitrogen and oxygen atoms in total. The SMILES string of the molecule is CCOC(=O)CCCNC(=O)c1ccc(O)cc1. The van der Waals surface area contributed by atoms with Crippen molar-refractivity contribution in [1.82, 2.24) is 5.32 Å². The van der Waals surface area contributed by atoms with Gasteiger partial charge >= 0.3 is 5.97 Å². The topological polar surface area (TPSA) is 75.6 Å². The summed E-state index contributed by atoms with van der Waals surface area (Å²) < 4.78 is 4.77. The van der Waals surface area contributed by atoms with Crippen LogP contribution in [0.4, 0.5) is 0 Å². The van der Waals surface area contributed by atoms with Gasteiger partial charge in [0.05, 0.1) is 6.61 Å². The molecule has 0 atom stereocenters. The third-order valence-corrected chi connectivity index (χ3v) is 2.28. The van der Waals surface area contributed by atoms with Gasteiger partial charge in [-0.3, -0.25) is 9.59 Å². The third-order valence-electron chi connectivity index (χ3n) is 2.28. The van der Waals surface area contributed by atoms with E-state index < -0.39 is 0 Å². The first-order chi connectivity index (χ1) is 8.63. The first-order valence-electron chi connectivity index (χ1n) is 5.86. The van der Waals surface area contributed by atoms with Crippen LogP contribution in [-0.2, 0) is 9.53 Å². The van der Waals surface area contributed by atoms with E-state index in [9.17, 15) is 9.59 Å². The zero-order valence-electron chi connectivity index (χ0n) is 10.3. The van der Waals surface area contributed by atoms with Gasteiger partial charge in [0, 0.05) is 18.5 Å². The standard InChI is InChI=1S/C13H17NO4/c1-2-18-12(16)4-3-9-14-13(17)10-5-7-11(15)8-6-10/h5-8,15H,2-4,9H2,1H3,(H,14,17). The second kappa shape index (κ2) is 7.32. The van der Waals surface area contributed by atoms with Crippen molar-refractivity contribution in [3.05, 3.63) is 29.8 Å². The van der Waals surface area contributed by atoms with E-state index in [2.05, 4.69) is 5.32 Å². The summed E-state index contributed by atoms with van der Waals surface area (Å²) in [4.78, 5) is 22.6. The number of hydrogen-bond acceptors (Lipinski definition) is 4. The Hall–Kier alpha value is -2.04. The van der Waals surface area contributed by atoms with Crippen molar-refractivity contribution < 1.29 is 19.4 Å². The molecule has 0 saturated carbocycles. The maximum Gasteiger partial charge on any atom is 0.305 e. The molecule has 0 aromatic heterocycles. The number of amides is 1. The highest BCUT2D eigenvalue weighted by molar-refractivity contribution is 5.94. The summed E-state index contributed by atoms with van der Waals surface area (Å²) >= 11 is 0. The monoisotopic (exact) mass is 251 g/mol. The molecule has 0 saturated heterocycles. The molecule has 0 aliphatic carbocycles. The molecule has 5 heteroatoms. The molecule has 0 fully saturated rings. The highest BCUT2D eigenvalue weighted by atomic mass is 16.5. The number of nitrogens with one attached hydrogen (secondary N) is 1. The van der Waals surface area contributed by atoms with E-state index in [1.807, 2.05) is 0 Å². The number of rotatable bonds is 6. The first kappa shape index (κ1) is 14.0. The van der Waals surface area contributed by atoms with Crippen molar-refractivity contribution in [2.24, 2.45) is 0 Å². The highest BCUT2D eigenvalue weighted by Crippen LogP contribution is 2.09. The fraction of sp³-hybridized carbons (Fsp3) is 0.385. The van der Waals surface area contributed by atoms with Crippen molar-refractivity contribution in [3.8, 4) is 5.75 Å². The van der Waals surface area contributed by atoms with E-state index in [-0.39, 0.29) is 17.6 Å².